The molecule has 4 aromatic rings. The fourth-order valence-corrected chi connectivity index (χ4v) is 4.75. The Bertz CT molecular complexity index is 1460. The van der Waals surface area contributed by atoms with Gasteiger partial charge in [-0.05, 0) is 47.2 Å². The molecule has 1 amide bonds. The van der Waals surface area contributed by atoms with Crippen molar-refractivity contribution in [2.45, 2.75) is 13.1 Å². The lowest BCUT2D eigenvalue weighted by molar-refractivity contribution is -0.122. The standard InChI is InChI=1S/C29H22N2O4S/c32-27-26(17-24-14-15-25(35-24)22-12-7-13-23(16-22)28(33)34)36-29(30-18-20-8-3-1-4-9-20)31(27)19-21-10-5-2-6-11-21/h1-17H,18-19H2,(H,33,34)/b26-17-,30-29?. The van der Waals surface area contributed by atoms with Crippen molar-refractivity contribution >= 4 is 34.9 Å². The van der Waals surface area contributed by atoms with Crippen LogP contribution in [0, 0.1) is 0 Å². The van der Waals surface area contributed by atoms with Gasteiger partial charge in [0, 0.05) is 11.6 Å². The molecule has 36 heavy (non-hydrogen) atoms. The number of rotatable bonds is 7. The number of carbonyl (C=O) groups is 2. The van der Waals surface area contributed by atoms with Crippen molar-refractivity contribution in [1.29, 1.82) is 0 Å². The monoisotopic (exact) mass is 494 g/mol. The number of amidine groups is 1. The van der Waals surface area contributed by atoms with Gasteiger partial charge in [-0.25, -0.2) is 4.79 Å². The summed E-state index contributed by atoms with van der Waals surface area (Å²) in [5.41, 5.74) is 2.91. The number of aromatic carboxylic acids is 1. The number of hydrogen-bond donors (Lipinski definition) is 1. The lowest BCUT2D eigenvalue weighted by atomic mass is 10.1. The molecule has 1 aliphatic rings. The molecular formula is C29H22N2O4S. The SMILES string of the molecule is O=C(O)c1cccc(-c2ccc(/C=C3\SC(=NCc4ccccc4)N(Cc4ccccc4)C3=O)o2)c1. The molecule has 0 aliphatic carbocycles. The first-order valence-electron chi connectivity index (χ1n) is 11.3. The molecular weight excluding hydrogens is 472 g/mol. The van der Waals surface area contributed by atoms with Crippen LogP contribution in [0.25, 0.3) is 17.4 Å². The van der Waals surface area contributed by atoms with Crippen LogP contribution in [0.4, 0.5) is 0 Å². The number of benzene rings is 3. The fourth-order valence-electron chi connectivity index (χ4n) is 3.79. The largest absolute Gasteiger partial charge is 0.478 e. The molecule has 0 radical (unpaired) electrons. The highest BCUT2D eigenvalue weighted by Gasteiger charge is 2.33. The van der Waals surface area contributed by atoms with Crippen LogP contribution in [0.3, 0.4) is 0 Å². The molecule has 2 heterocycles. The predicted molar refractivity (Wildman–Crippen MR) is 141 cm³/mol. The van der Waals surface area contributed by atoms with Crippen molar-refractivity contribution in [2.24, 2.45) is 4.99 Å². The Labute approximate surface area is 212 Å². The van der Waals surface area contributed by atoms with E-state index in [-0.39, 0.29) is 11.5 Å². The smallest absolute Gasteiger partial charge is 0.335 e. The average Bonchev–Trinajstić information content (AvgIpc) is 3.49. The van der Waals surface area contributed by atoms with Crippen LogP contribution in [0.15, 0.2) is 111 Å². The maximum absolute atomic E-state index is 13.4. The van der Waals surface area contributed by atoms with Crippen LogP contribution in [0.5, 0.6) is 0 Å². The minimum absolute atomic E-state index is 0.138. The lowest BCUT2D eigenvalue weighted by Gasteiger charge is -2.15. The number of amides is 1. The maximum Gasteiger partial charge on any atom is 0.335 e. The maximum atomic E-state index is 13.4. The van der Waals surface area contributed by atoms with Gasteiger partial charge in [-0.2, -0.15) is 0 Å². The summed E-state index contributed by atoms with van der Waals surface area (Å²) in [5.74, 6) is -0.105. The molecule has 0 unspecified atom stereocenters. The summed E-state index contributed by atoms with van der Waals surface area (Å²) in [4.78, 5) is 31.6. The third-order valence-corrected chi connectivity index (χ3v) is 6.65. The number of aliphatic imine (C=N–C) groups is 1. The molecule has 1 aromatic heterocycles. The molecule has 1 aliphatic heterocycles. The van der Waals surface area contributed by atoms with Gasteiger partial charge < -0.3 is 9.52 Å². The zero-order valence-electron chi connectivity index (χ0n) is 19.2. The number of carboxylic acid groups (broad SMARTS) is 1. The van der Waals surface area contributed by atoms with E-state index in [1.54, 1.807) is 41.3 Å². The fraction of sp³-hybridized carbons (Fsp3) is 0.0690. The second-order valence-electron chi connectivity index (χ2n) is 8.16. The number of nitrogens with zero attached hydrogens (tertiary/aromatic N) is 2. The number of carbonyl (C=O) groups excluding carboxylic acids is 1. The summed E-state index contributed by atoms with van der Waals surface area (Å²) in [6.45, 7) is 0.892. The molecule has 3 aromatic carbocycles. The average molecular weight is 495 g/mol. The third kappa shape index (κ3) is 5.31. The van der Waals surface area contributed by atoms with E-state index in [2.05, 4.69) is 0 Å². The molecule has 0 atom stereocenters. The first kappa shape index (κ1) is 23.4. The van der Waals surface area contributed by atoms with E-state index in [1.165, 1.54) is 17.8 Å². The third-order valence-electron chi connectivity index (χ3n) is 5.61. The molecule has 6 nitrogen and oxygen atoms in total. The van der Waals surface area contributed by atoms with Gasteiger partial charge >= 0.3 is 5.97 Å². The van der Waals surface area contributed by atoms with Crippen molar-refractivity contribution in [3.8, 4) is 11.3 Å². The number of hydrogen-bond acceptors (Lipinski definition) is 5. The summed E-state index contributed by atoms with van der Waals surface area (Å²) in [6, 6.07) is 29.8. The quantitative estimate of drug-likeness (QED) is 0.304. The van der Waals surface area contributed by atoms with E-state index in [9.17, 15) is 14.7 Å². The van der Waals surface area contributed by atoms with E-state index in [4.69, 9.17) is 9.41 Å². The van der Waals surface area contributed by atoms with Crippen LogP contribution in [0.1, 0.15) is 27.2 Å². The van der Waals surface area contributed by atoms with Crippen molar-refractivity contribution in [2.75, 3.05) is 0 Å². The Morgan fingerprint density at radius 2 is 1.64 bits per heavy atom. The van der Waals surface area contributed by atoms with Gasteiger partial charge in [0.25, 0.3) is 5.91 Å². The van der Waals surface area contributed by atoms with Gasteiger partial charge in [-0.15, -0.1) is 0 Å². The van der Waals surface area contributed by atoms with Gasteiger partial charge in [-0.1, -0.05) is 72.8 Å². The first-order valence-corrected chi connectivity index (χ1v) is 12.2. The summed E-state index contributed by atoms with van der Waals surface area (Å²) >= 11 is 1.32. The van der Waals surface area contributed by atoms with Gasteiger partial charge in [0.2, 0.25) is 0 Å². The highest BCUT2D eigenvalue weighted by molar-refractivity contribution is 8.18. The zero-order chi connectivity index (χ0) is 24.9. The molecule has 0 spiro atoms. The molecule has 178 valence electrons. The van der Waals surface area contributed by atoms with Crippen LogP contribution in [0.2, 0.25) is 0 Å². The van der Waals surface area contributed by atoms with Gasteiger partial charge in [0.1, 0.15) is 11.5 Å². The Hall–Kier alpha value is -4.36. The van der Waals surface area contributed by atoms with Crippen molar-refractivity contribution < 1.29 is 19.1 Å². The van der Waals surface area contributed by atoms with Crippen molar-refractivity contribution in [1.82, 2.24) is 4.90 Å². The molecule has 1 fully saturated rings. The Kier molecular flexibility index (Phi) is 6.82. The van der Waals surface area contributed by atoms with Crippen LogP contribution in [-0.2, 0) is 17.9 Å². The Morgan fingerprint density at radius 3 is 2.36 bits per heavy atom. The van der Waals surface area contributed by atoms with E-state index < -0.39 is 5.97 Å². The van der Waals surface area contributed by atoms with Gasteiger partial charge in [-0.3, -0.25) is 14.7 Å². The van der Waals surface area contributed by atoms with Crippen molar-refractivity contribution in [3.05, 3.63) is 124 Å². The van der Waals surface area contributed by atoms with Gasteiger partial charge in [0.05, 0.1) is 23.6 Å². The van der Waals surface area contributed by atoms with Crippen LogP contribution < -0.4 is 0 Å². The molecule has 0 saturated carbocycles. The summed E-state index contributed by atoms with van der Waals surface area (Å²) in [5, 5.41) is 9.89. The first-order chi connectivity index (χ1) is 17.6. The number of carboxylic acids is 1. The number of thioether (sulfide) groups is 1. The normalized spacial score (nSPS) is 15.7. The molecule has 7 heteroatoms. The highest BCUT2D eigenvalue weighted by Crippen LogP contribution is 2.35. The number of furan rings is 1. The Morgan fingerprint density at radius 1 is 0.917 bits per heavy atom. The second-order valence-corrected chi connectivity index (χ2v) is 9.17. The topological polar surface area (TPSA) is 83.1 Å². The zero-order valence-corrected chi connectivity index (χ0v) is 20.0. The minimum atomic E-state index is -1.00. The van der Waals surface area contributed by atoms with Gasteiger partial charge in [0.15, 0.2) is 5.17 Å². The van der Waals surface area contributed by atoms with E-state index in [1.807, 2.05) is 60.7 Å². The summed E-state index contributed by atoms with van der Waals surface area (Å²) < 4.78 is 5.94. The molecule has 5 rings (SSSR count). The molecule has 0 bridgehead atoms. The molecule has 1 N–H and O–H groups in total. The van der Waals surface area contributed by atoms with E-state index in [0.717, 1.165) is 11.1 Å². The van der Waals surface area contributed by atoms with Crippen LogP contribution in [-0.4, -0.2) is 27.1 Å². The van der Waals surface area contributed by atoms with Crippen LogP contribution >= 0.6 is 11.8 Å². The van der Waals surface area contributed by atoms with Crippen molar-refractivity contribution in [3.63, 3.8) is 0 Å². The Balaban J connectivity index is 1.42. The summed E-state index contributed by atoms with van der Waals surface area (Å²) in [7, 11) is 0. The minimum Gasteiger partial charge on any atom is -0.478 e. The second kappa shape index (κ2) is 10.5. The lowest BCUT2D eigenvalue weighted by Crippen LogP contribution is -2.28. The summed E-state index contributed by atoms with van der Waals surface area (Å²) in [6.07, 6.45) is 1.71. The predicted octanol–water partition coefficient (Wildman–Crippen LogP) is 6.32. The molecule has 1 saturated heterocycles. The van der Waals surface area contributed by atoms with E-state index >= 15 is 0 Å². The highest BCUT2D eigenvalue weighted by atomic mass is 32.2. The van der Waals surface area contributed by atoms with E-state index in [0.29, 0.717) is 40.2 Å².